The Labute approximate surface area is 86.5 Å². The number of hydrogen-bond acceptors (Lipinski definition) is 2. The third-order valence-electron chi connectivity index (χ3n) is 2.12. The maximum atomic E-state index is 12.0. The van der Waals surface area contributed by atoms with E-state index < -0.39 is 18.6 Å². The fourth-order valence-corrected chi connectivity index (χ4v) is 1.45. The molecular weight excluding hydrogens is 207 g/mol. The van der Waals surface area contributed by atoms with Gasteiger partial charge in [-0.25, -0.2) is 0 Å². The van der Waals surface area contributed by atoms with Gasteiger partial charge in [0.1, 0.15) is 0 Å². The molecule has 0 saturated heterocycles. The summed E-state index contributed by atoms with van der Waals surface area (Å²) >= 11 is 0. The molecule has 0 aliphatic rings. The molecule has 0 spiro atoms. The summed E-state index contributed by atoms with van der Waals surface area (Å²) in [6, 6.07) is 0.994. The molecule has 5 heteroatoms. The molecule has 0 amide bonds. The average Bonchev–Trinajstić information content (AvgIpc) is 2.50. The van der Waals surface area contributed by atoms with Crippen molar-refractivity contribution in [1.82, 2.24) is 5.32 Å². The van der Waals surface area contributed by atoms with Crippen LogP contribution in [0.15, 0.2) is 23.0 Å². The lowest BCUT2D eigenvalue weighted by Gasteiger charge is -2.20. The van der Waals surface area contributed by atoms with E-state index >= 15 is 0 Å². The Kier molecular flexibility index (Phi) is 3.79. The van der Waals surface area contributed by atoms with Crippen molar-refractivity contribution in [1.29, 1.82) is 0 Å². The largest absolute Gasteiger partial charge is 0.472 e. The van der Waals surface area contributed by atoms with Crippen LogP contribution >= 0.6 is 0 Å². The molecule has 0 bridgehead atoms. The average molecular weight is 221 g/mol. The summed E-state index contributed by atoms with van der Waals surface area (Å²) in [5, 5.41) is 2.86. The molecule has 1 rings (SSSR count). The van der Waals surface area contributed by atoms with Crippen LogP contribution in [-0.2, 0) is 0 Å². The summed E-state index contributed by atoms with van der Waals surface area (Å²) in [5.74, 6) is 0. The zero-order chi connectivity index (χ0) is 11.5. The first kappa shape index (κ1) is 12.1. The van der Waals surface area contributed by atoms with Crippen molar-refractivity contribution < 1.29 is 17.6 Å². The second-order valence-electron chi connectivity index (χ2n) is 3.67. The van der Waals surface area contributed by atoms with Gasteiger partial charge in [-0.3, -0.25) is 0 Å². The minimum atomic E-state index is -4.12. The van der Waals surface area contributed by atoms with Gasteiger partial charge in [-0.2, -0.15) is 13.2 Å². The van der Waals surface area contributed by atoms with Crippen molar-refractivity contribution in [3.8, 4) is 0 Å². The first-order chi connectivity index (χ1) is 6.88. The molecule has 0 aliphatic heterocycles. The summed E-state index contributed by atoms with van der Waals surface area (Å²) in [6.07, 6.45) is -1.92. The van der Waals surface area contributed by atoms with Gasteiger partial charge in [0.25, 0.3) is 0 Å². The van der Waals surface area contributed by atoms with Crippen molar-refractivity contribution >= 4 is 0 Å². The second-order valence-corrected chi connectivity index (χ2v) is 3.67. The van der Waals surface area contributed by atoms with Crippen LogP contribution in [0.3, 0.4) is 0 Å². The summed E-state index contributed by atoms with van der Waals surface area (Å²) in [7, 11) is 0. The smallest absolute Gasteiger partial charge is 0.390 e. The van der Waals surface area contributed by atoms with Gasteiger partial charge in [0.05, 0.1) is 18.9 Å². The highest BCUT2D eigenvalue weighted by Crippen LogP contribution is 2.23. The number of halogens is 3. The maximum Gasteiger partial charge on any atom is 0.390 e. The van der Waals surface area contributed by atoms with E-state index in [0.717, 1.165) is 5.56 Å². The molecule has 1 heterocycles. The van der Waals surface area contributed by atoms with E-state index in [0.29, 0.717) is 0 Å². The summed E-state index contributed by atoms with van der Waals surface area (Å²) in [5.41, 5.74) is 0.851. The van der Waals surface area contributed by atoms with Crippen LogP contribution in [0.5, 0.6) is 0 Å². The Balaban J connectivity index is 2.42. The number of hydrogen-bond donors (Lipinski definition) is 1. The molecule has 2 unspecified atom stereocenters. The molecule has 1 N–H and O–H groups in total. The predicted molar refractivity (Wildman–Crippen MR) is 50.4 cm³/mol. The van der Waals surface area contributed by atoms with E-state index in [9.17, 15) is 13.2 Å². The van der Waals surface area contributed by atoms with Crippen molar-refractivity contribution in [3.05, 3.63) is 24.2 Å². The van der Waals surface area contributed by atoms with Crippen LogP contribution in [0.2, 0.25) is 0 Å². The number of nitrogens with one attached hydrogen (secondary N) is 1. The molecule has 1 aromatic rings. The Morgan fingerprint density at radius 3 is 2.53 bits per heavy atom. The van der Waals surface area contributed by atoms with Gasteiger partial charge in [-0.1, -0.05) is 0 Å². The lowest BCUT2D eigenvalue weighted by atomic mass is 10.1. The lowest BCUT2D eigenvalue weighted by Crippen LogP contribution is -2.32. The third-order valence-corrected chi connectivity index (χ3v) is 2.12. The molecule has 1 aromatic heterocycles. The topological polar surface area (TPSA) is 25.2 Å². The fraction of sp³-hybridized carbons (Fsp3) is 0.600. The molecule has 0 fully saturated rings. The lowest BCUT2D eigenvalue weighted by molar-refractivity contribution is -0.139. The molecule has 0 saturated carbocycles. The molecule has 86 valence electrons. The van der Waals surface area contributed by atoms with E-state index in [4.69, 9.17) is 4.42 Å². The highest BCUT2D eigenvalue weighted by molar-refractivity contribution is 5.10. The predicted octanol–water partition coefficient (Wildman–Crippen LogP) is 3.27. The SMILES string of the molecule is CC(CC(F)(F)F)NC(C)c1ccoc1. The Morgan fingerprint density at radius 1 is 1.40 bits per heavy atom. The highest BCUT2D eigenvalue weighted by atomic mass is 19.4. The standard InChI is InChI=1S/C10H14F3NO/c1-7(5-10(11,12)13)14-8(2)9-3-4-15-6-9/h3-4,6-8,14H,5H2,1-2H3. The second kappa shape index (κ2) is 4.70. The summed E-state index contributed by atoms with van der Waals surface area (Å²) in [4.78, 5) is 0. The van der Waals surface area contributed by atoms with Gasteiger partial charge in [-0.05, 0) is 19.9 Å². The van der Waals surface area contributed by atoms with Gasteiger partial charge >= 0.3 is 6.18 Å². The number of rotatable bonds is 4. The summed E-state index contributed by atoms with van der Waals surface area (Å²) in [6.45, 7) is 3.32. The minimum absolute atomic E-state index is 0.138. The van der Waals surface area contributed by atoms with Crippen LogP contribution in [0.4, 0.5) is 13.2 Å². The van der Waals surface area contributed by atoms with Gasteiger partial charge in [0.15, 0.2) is 0 Å². The molecule has 0 aromatic carbocycles. The minimum Gasteiger partial charge on any atom is -0.472 e. The molecule has 0 radical (unpaired) electrons. The van der Waals surface area contributed by atoms with Crippen molar-refractivity contribution in [2.75, 3.05) is 0 Å². The molecule has 2 atom stereocenters. The van der Waals surface area contributed by atoms with Crippen molar-refractivity contribution in [3.63, 3.8) is 0 Å². The Hall–Kier alpha value is -0.970. The van der Waals surface area contributed by atoms with Crippen LogP contribution in [0.25, 0.3) is 0 Å². The fourth-order valence-electron chi connectivity index (χ4n) is 1.45. The van der Waals surface area contributed by atoms with Gasteiger partial charge in [-0.15, -0.1) is 0 Å². The monoisotopic (exact) mass is 221 g/mol. The molecule has 2 nitrogen and oxygen atoms in total. The molecule has 0 aliphatic carbocycles. The first-order valence-electron chi connectivity index (χ1n) is 4.73. The van der Waals surface area contributed by atoms with Gasteiger partial charge in [0.2, 0.25) is 0 Å². The van der Waals surface area contributed by atoms with E-state index in [-0.39, 0.29) is 6.04 Å². The highest BCUT2D eigenvalue weighted by Gasteiger charge is 2.30. The zero-order valence-electron chi connectivity index (χ0n) is 8.64. The van der Waals surface area contributed by atoms with E-state index in [1.54, 1.807) is 13.0 Å². The van der Waals surface area contributed by atoms with Gasteiger partial charge in [0, 0.05) is 17.6 Å². The van der Waals surface area contributed by atoms with Crippen LogP contribution in [0.1, 0.15) is 31.9 Å². The third kappa shape index (κ3) is 4.38. The van der Waals surface area contributed by atoms with Crippen LogP contribution in [-0.4, -0.2) is 12.2 Å². The maximum absolute atomic E-state index is 12.0. The van der Waals surface area contributed by atoms with E-state index in [2.05, 4.69) is 5.32 Å². The van der Waals surface area contributed by atoms with Crippen LogP contribution in [0, 0.1) is 0 Å². The van der Waals surface area contributed by atoms with Crippen molar-refractivity contribution in [2.24, 2.45) is 0 Å². The van der Waals surface area contributed by atoms with E-state index in [1.807, 2.05) is 0 Å². The quantitative estimate of drug-likeness (QED) is 0.844. The van der Waals surface area contributed by atoms with E-state index in [1.165, 1.54) is 19.5 Å². The first-order valence-corrected chi connectivity index (χ1v) is 4.73. The Bertz CT molecular complexity index is 281. The normalized spacial score (nSPS) is 16.3. The molecule has 15 heavy (non-hydrogen) atoms. The summed E-state index contributed by atoms with van der Waals surface area (Å²) < 4.78 is 41.0. The number of furan rings is 1. The zero-order valence-corrected chi connectivity index (χ0v) is 8.64. The van der Waals surface area contributed by atoms with Crippen LogP contribution < -0.4 is 5.32 Å². The Morgan fingerprint density at radius 2 is 2.07 bits per heavy atom. The molecular formula is C10H14F3NO. The number of alkyl halides is 3. The van der Waals surface area contributed by atoms with Crippen molar-refractivity contribution in [2.45, 2.75) is 38.5 Å². The van der Waals surface area contributed by atoms with Gasteiger partial charge < -0.3 is 9.73 Å².